The van der Waals surface area contributed by atoms with E-state index in [4.69, 9.17) is 15.7 Å². The summed E-state index contributed by atoms with van der Waals surface area (Å²) in [5.41, 5.74) is 6.89. The van der Waals surface area contributed by atoms with Crippen molar-refractivity contribution in [3.05, 3.63) is 53.6 Å². The normalized spacial score (nSPS) is 10.8. The molecule has 0 bridgehead atoms. The van der Waals surface area contributed by atoms with Gasteiger partial charge in [0, 0.05) is 12.1 Å². The number of hydrogen-bond donors (Lipinski definition) is 2. The fourth-order valence-electron chi connectivity index (χ4n) is 1.95. The van der Waals surface area contributed by atoms with E-state index < -0.39 is 10.0 Å². The second-order valence-electron chi connectivity index (χ2n) is 4.48. The molecule has 2 rings (SSSR count). The molecule has 0 amide bonds. The Morgan fingerprint density at radius 2 is 2.05 bits per heavy atom. The van der Waals surface area contributed by atoms with Crippen molar-refractivity contribution in [1.82, 2.24) is 0 Å². The van der Waals surface area contributed by atoms with E-state index in [-0.39, 0.29) is 11.4 Å². The van der Waals surface area contributed by atoms with Gasteiger partial charge >= 0.3 is 0 Å². The van der Waals surface area contributed by atoms with Gasteiger partial charge in [0.15, 0.2) is 0 Å². The Balaban J connectivity index is 2.36. The lowest BCUT2D eigenvalue weighted by Crippen LogP contribution is -2.14. The molecule has 22 heavy (non-hydrogen) atoms. The number of ether oxygens (including phenoxy) is 1. The summed E-state index contributed by atoms with van der Waals surface area (Å²) in [6, 6.07) is 12.7. The van der Waals surface area contributed by atoms with Gasteiger partial charge in [0.2, 0.25) is 0 Å². The molecule has 6 nitrogen and oxygen atoms in total. The molecule has 0 fully saturated rings. The molecule has 0 heterocycles. The van der Waals surface area contributed by atoms with Crippen LogP contribution in [0.25, 0.3) is 0 Å². The van der Waals surface area contributed by atoms with Crippen LogP contribution in [0.1, 0.15) is 11.1 Å². The zero-order valence-corrected chi connectivity index (χ0v) is 12.7. The van der Waals surface area contributed by atoms with E-state index in [1.807, 2.05) is 6.07 Å². The number of sulfonamides is 1. The molecule has 0 saturated carbocycles. The number of nitrogens with one attached hydrogen (secondary N) is 1. The predicted molar refractivity (Wildman–Crippen MR) is 82.9 cm³/mol. The highest BCUT2D eigenvalue weighted by molar-refractivity contribution is 7.92. The van der Waals surface area contributed by atoms with Gasteiger partial charge in [-0.25, -0.2) is 8.42 Å². The van der Waals surface area contributed by atoms with Crippen LogP contribution in [0.15, 0.2) is 47.4 Å². The van der Waals surface area contributed by atoms with Crippen molar-refractivity contribution in [3.63, 3.8) is 0 Å². The predicted octanol–water partition coefficient (Wildman–Crippen LogP) is 1.83. The third-order valence-electron chi connectivity index (χ3n) is 3.03. The zero-order valence-electron chi connectivity index (χ0n) is 11.9. The topological polar surface area (TPSA) is 105 Å². The van der Waals surface area contributed by atoms with Gasteiger partial charge in [0.1, 0.15) is 5.75 Å². The standard InChI is InChI=1S/C15H15N3O3S/c1-21-15-6-5-14(8-12(15)10-17)22(19,20)18-13-4-2-3-11(7-13)9-16/h2-8,18H,10,17H2,1H3. The SMILES string of the molecule is COc1ccc(S(=O)(=O)Nc2cccc(C#N)c2)cc1CN. The summed E-state index contributed by atoms with van der Waals surface area (Å²) in [4.78, 5) is 0.0797. The fourth-order valence-corrected chi connectivity index (χ4v) is 3.05. The summed E-state index contributed by atoms with van der Waals surface area (Å²) in [7, 11) is -2.27. The molecule has 0 radical (unpaired) electrons. The molecule has 0 aliphatic heterocycles. The van der Waals surface area contributed by atoms with Gasteiger partial charge in [0.25, 0.3) is 10.0 Å². The summed E-state index contributed by atoms with van der Waals surface area (Å²) in [6.45, 7) is 0.163. The third-order valence-corrected chi connectivity index (χ3v) is 4.40. The Morgan fingerprint density at radius 3 is 2.68 bits per heavy atom. The molecular formula is C15H15N3O3S. The molecular weight excluding hydrogens is 302 g/mol. The number of nitriles is 1. The Kier molecular flexibility index (Phi) is 4.65. The first-order chi connectivity index (χ1) is 10.5. The molecule has 0 unspecified atom stereocenters. The van der Waals surface area contributed by atoms with Gasteiger partial charge in [-0.05, 0) is 36.4 Å². The Bertz CT molecular complexity index is 826. The van der Waals surface area contributed by atoms with Gasteiger partial charge < -0.3 is 10.5 Å². The second kappa shape index (κ2) is 6.47. The van der Waals surface area contributed by atoms with E-state index >= 15 is 0 Å². The van der Waals surface area contributed by atoms with E-state index in [1.54, 1.807) is 24.3 Å². The molecule has 0 atom stereocenters. The molecule has 0 spiro atoms. The van der Waals surface area contributed by atoms with Gasteiger partial charge in [-0.15, -0.1) is 0 Å². The molecule has 3 N–H and O–H groups in total. The van der Waals surface area contributed by atoms with Crippen molar-refractivity contribution < 1.29 is 13.2 Å². The summed E-state index contributed by atoms with van der Waals surface area (Å²) < 4.78 is 32.3. The smallest absolute Gasteiger partial charge is 0.261 e. The average Bonchev–Trinajstić information content (AvgIpc) is 2.53. The fraction of sp³-hybridized carbons (Fsp3) is 0.133. The highest BCUT2D eigenvalue weighted by Crippen LogP contribution is 2.23. The average molecular weight is 317 g/mol. The van der Waals surface area contributed by atoms with E-state index in [1.165, 1.54) is 25.3 Å². The van der Waals surface area contributed by atoms with Crippen LogP contribution in [0.3, 0.4) is 0 Å². The number of anilines is 1. The second-order valence-corrected chi connectivity index (χ2v) is 6.16. The first-order valence-electron chi connectivity index (χ1n) is 6.40. The first kappa shape index (κ1) is 15.8. The van der Waals surface area contributed by atoms with Crippen LogP contribution in [-0.2, 0) is 16.6 Å². The Morgan fingerprint density at radius 1 is 1.27 bits per heavy atom. The molecule has 0 aromatic heterocycles. The Hall–Kier alpha value is -2.56. The maximum absolute atomic E-state index is 12.4. The molecule has 0 aliphatic rings. The van der Waals surface area contributed by atoms with Crippen LogP contribution < -0.4 is 15.2 Å². The van der Waals surface area contributed by atoms with Gasteiger partial charge in [-0.3, -0.25) is 4.72 Å². The molecule has 2 aromatic rings. The first-order valence-corrected chi connectivity index (χ1v) is 7.88. The third kappa shape index (κ3) is 3.36. The van der Waals surface area contributed by atoms with Crippen molar-refractivity contribution in [3.8, 4) is 11.8 Å². The zero-order chi connectivity index (χ0) is 16.2. The van der Waals surface area contributed by atoms with Crippen LogP contribution in [0.4, 0.5) is 5.69 Å². The number of rotatable bonds is 5. The lowest BCUT2D eigenvalue weighted by Gasteiger charge is -2.11. The summed E-state index contributed by atoms with van der Waals surface area (Å²) in [5, 5.41) is 8.85. The van der Waals surface area contributed by atoms with Crippen molar-refractivity contribution in [2.45, 2.75) is 11.4 Å². The van der Waals surface area contributed by atoms with Gasteiger partial charge in [0.05, 0.1) is 29.3 Å². The van der Waals surface area contributed by atoms with Crippen LogP contribution in [0.2, 0.25) is 0 Å². The molecule has 7 heteroatoms. The van der Waals surface area contributed by atoms with Gasteiger partial charge in [-0.1, -0.05) is 6.07 Å². The maximum atomic E-state index is 12.4. The molecule has 114 valence electrons. The van der Waals surface area contributed by atoms with Gasteiger partial charge in [-0.2, -0.15) is 5.26 Å². The maximum Gasteiger partial charge on any atom is 0.261 e. The summed E-state index contributed by atoms with van der Waals surface area (Å²) in [6.07, 6.45) is 0. The highest BCUT2D eigenvalue weighted by atomic mass is 32.2. The summed E-state index contributed by atoms with van der Waals surface area (Å²) in [5.74, 6) is 0.535. The number of hydrogen-bond acceptors (Lipinski definition) is 5. The largest absolute Gasteiger partial charge is 0.496 e. The minimum Gasteiger partial charge on any atom is -0.496 e. The monoisotopic (exact) mass is 317 g/mol. The minimum absolute atomic E-state index is 0.0797. The van der Waals surface area contributed by atoms with Crippen LogP contribution in [0.5, 0.6) is 5.75 Å². The van der Waals surface area contributed by atoms with E-state index in [0.717, 1.165) is 0 Å². The van der Waals surface area contributed by atoms with E-state index in [9.17, 15) is 8.42 Å². The lowest BCUT2D eigenvalue weighted by molar-refractivity contribution is 0.409. The number of nitrogens with zero attached hydrogens (tertiary/aromatic N) is 1. The van der Waals surface area contributed by atoms with Crippen molar-refractivity contribution in [1.29, 1.82) is 5.26 Å². The van der Waals surface area contributed by atoms with E-state index in [0.29, 0.717) is 22.6 Å². The van der Waals surface area contributed by atoms with Crippen LogP contribution >= 0.6 is 0 Å². The van der Waals surface area contributed by atoms with Crippen molar-refractivity contribution in [2.24, 2.45) is 5.73 Å². The molecule has 2 aromatic carbocycles. The number of methoxy groups -OCH3 is 1. The minimum atomic E-state index is -3.77. The quantitative estimate of drug-likeness (QED) is 0.875. The van der Waals surface area contributed by atoms with Crippen LogP contribution in [0, 0.1) is 11.3 Å². The Labute approximate surface area is 129 Å². The van der Waals surface area contributed by atoms with Crippen LogP contribution in [-0.4, -0.2) is 15.5 Å². The van der Waals surface area contributed by atoms with Crippen molar-refractivity contribution in [2.75, 3.05) is 11.8 Å². The lowest BCUT2D eigenvalue weighted by atomic mass is 10.2. The molecule has 0 aliphatic carbocycles. The molecule has 0 saturated heterocycles. The van der Waals surface area contributed by atoms with Crippen molar-refractivity contribution >= 4 is 15.7 Å². The highest BCUT2D eigenvalue weighted by Gasteiger charge is 2.16. The number of nitrogens with two attached hydrogens (primary N) is 1. The summed E-state index contributed by atoms with van der Waals surface area (Å²) >= 11 is 0. The number of benzene rings is 2. The van der Waals surface area contributed by atoms with E-state index in [2.05, 4.69) is 4.72 Å².